The van der Waals surface area contributed by atoms with E-state index in [0.717, 1.165) is 11.4 Å². The third kappa shape index (κ3) is 4.34. The Morgan fingerprint density at radius 1 is 0.957 bits per heavy atom. The monoisotopic (exact) mass is 310 g/mol. The van der Waals surface area contributed by atoms with Crippen LogP contribution in [0.3, 0.4) is 0 Å². The van der Waals surface area contributed by atoms with Crippen LogP contribution in [0, 0.1) is 0 Å². The van der Waals surface area contributed by atoms with Crippen molar-refractivity contribution in [3.05, 3.63) is 73.3 Å². The van der Waals surface area contributed by atoms with Crippen molar-refractivity contribution in [2.45, 2.75) is 6.10 Å². The van der Waals surface area contributed by atoms with Gasteiger partial charge in [-0.1, -0.05) is 24.3 Å². The largest absolute Gasteiger partial charge is 0.491 e. The summed E-state index contributed by atoms with van der Waals surface area (Å²) in [6, 6.07) is 17.0. The maximum absolute atomic E-state index is 9.96. The Kier molecular flexibility index (Phi) is 4.91. The van der Waals surface area contributed by atoms with Gasteiger partial charge in [0.15, 0.2) is 0 Å². The SMILES string of the molecule is OC(COc1ccccc1)COc1cccc(-n2ccnc2)c1. The molecule has 23 heavy (non-hydrogen) atoms. The predicted molar refractivity (Wildman–Crippen MR) is 87.0 cm³/mol. The fourth-order valence-corrected chi connectivity index (χ4v) is 2.10. The maximum Gasteiger partial charge on any atom is 0.122 e. The molecule has 0 radical (unpaired) electrons. The number of hydrogen-bond donors (Lipinski definition) is 1. The number of aromatic nitrogens is 2. The van der Waals surface area contributed by atoms with E-state index in [4.69, 9.17) is 9.47 Å². The normalized spacial score (nSPS) is 11.9. The Labute approximate surface area is 134 Å². The number of rotatable bonds is 7. The summed E-state index contributed by atoms with van der Waals surface area (Å²) in [7, 11) is 0. The van der Waals surface area contributed by atoms with Gasteiger partial charge in [0.05, 0.1) is 12.0 Å². The van der Waals surface area contributed by atoms with E-state index >= 15 is 0 Å². The molecule has 1 N–H and O–H groups in total. The number of para-hydroxylation sites is 1. The van der Waals surface area contributed by atoms with Crippen molar-refractivity contribution in [1.82, 2.24) is 9.55 Å². The second-order valence-electron chi connectivity index (χ2n) is 5.06. The molecule has 0 amide bonds. The summed E-state index contributed by atoms with van der Waals surface area (Å²) in [6.45, 7) is 0.353. The van der Waals surface area contributed by atoms with E-state index in [1.165, 1.54) is 0 Å². The second-order valence-corrected chi connectivity index (χ2v) is 5.06. The summed E-state index contributed by atoms with van der Waals surface area (Å²) in [5.41, 5.74) is 0.954. The molecule has 118 valence electrons. The molecule has 0 aliphatic carbocycles. The molecule has 1 aromatic heterocycles. The molecule has 2 aromatic carbocycles. The summed E-state index contributed by atoms with van der Waals surface area (Å²) in [5.74, 6) is 1.42. The van der Waals surface area contributed by atoms with Gasteiger partial charge < -0.3 is 19.1 Å². The minimum Gasteiger partial charge on any atom is -0.491 e. The third-order valence-electron chi connectivity index (χ3n) is 3.25. The minimum atomic E-state index is -0.702. The summed E-state index contributed by atoms with van der Waals surface area (Å²) in [6.07, 6.45) is 4.61. The van der Waals surface area contributed by atoms with Crippen LogP contribution >= 0.6 is 0 Å². The molecule has 0 fully saturated rings. The molecule has 0 bridgehead atoms. The van der Waals surface area contributed by atoms with Crippen LogP contribution in [0.1, 0.15) is 0 Å². The Morgan fingerprint density at radius 2 is 1.70 bits per heavy atom. The standard InChI is InChI=1S/C18H18N2O3/c21-16(12-22-17-6-2-1-3-7-17)13-23-18-8-4-5-15(11-18)20-10-9-19-14-20/h1-11,14,16,21H,12-13H2. The summed E-state index contributed by atoms with van der Waals surface area (Å²) in [4.78, 5) is 4.02. The highest BCUT2D eigenvalue weighted by Gasteiger charge is 2.07. The number of aliphatic hydroxyl groups is 1. The predicted octanol–water partition coefficient (Wildman–Crippen LogP) is 2.69. The van der Waals surface area contributed by atoms with Gasteiger partial charge in [-0.2, -0.15) is 0 Å². The lowest BCUT2D eigenvalue weighted by Gasteiger charge is -2.14. The van der Waals surface area contributed by atoms with Gasteiger partial charge in [-0.05, 0) is 24.3 Å². The highest BCUT2D eigenvalue weighted by atomic mass is 16.5. The molecule has 3 rings (SSSR count). The van der Waals surface area contributed by atoms with E-state index in [-0.39, 0.29) is 13.2 Å². The number of hydrogen-bond acceptors (Lipinski definition) is 4. The first-order valence-corrected chi connectivity index (χ1v) is 7.38. The van der Waals surface area contributed by atoms with Crippen LogP contribution in [0.4, 0.5) is 0 Å². The van der Waals surface area contributed by atoms with Crippen LogP contribution < -0.4 is 9.47 Å². The second kappa shape index (κ2) is 7.47. The first-order chi connectivity index (χ1) is 11.3. The van der Waals surface area contributed by atoms with Gasteiger partial charge >= 0.3 is 0 Å². The number of ether oxygens (including phenoxy) is 2. The summed E-state index contributed by atoms with van der Waals surface area (Å²) >= 11 is 0. The van der Waals surface area contributed by atoms with Crippen molar-refractivity contribution in [2.75, 3.05) is 13.2 Å². The first kappa shape index (κ1) is 15.1. The first-order valence-electron chi connectivity index (χ1n) is 7.38. The Morgan fingerprint density at radius 3 is 2.43 bits per heavy atom. The molecule has 0 aliphatic heterocycles. The van der Waals surface area contributed by atoms with Gasteiger partial charge in [-0.15, -0.1) is 0 Å². The van der Waals surface area contributed by atoms with Crippen molar-refractivity contribution < 1.29 is 14.6 Å². The lowest BCUT2D eigenvalue weighted by molar-refractivity contribution is 0.0626. The topological polar surface area (TPSA) is 56.5 Å². The molecular weight excluding hydrogens is 292 g/mol. The molecule has 1 heterocycles. The number of benzene rings is 2. The molecule has 0 spiro atoms. The summed E-state index contributed by atoms with van der Waals surface area (Å²) in [5, 5.41) is 9.96. The number of aliphatic hydroxyl groups excluding tert-OH is 1. The highest BCUT2D eigenvalue weighted by Crippen LogP contribution is 2.17. The molecule has 1 atom stereocenters. The quantitative estimate of drug-likeness (QED) is 0.729. The van der Waals surface area contributed by atoms with E-state index in [0.29, 0.717) is 5.75 Å². The maximum atomic E-state index is 9.96. The average molecular weight is 310 g/mol. The fraction of sp³-hybridized carbons (Fsp3) is 0.167. The van der Waals surface area contributed by atoms with Gasteiger partial charge in [-0.3, -0.25) is 0 Å². The van der Waals surface area contributed by atoms with E-state index in [1.54, 1.807) is 12.5 Å². The molecule has 0 saturated carbocycles. The van der Waals surface area contributed by atoms with Gasteiger partial charge in [0.1, 0.15) is 30.8 Å². The molecule has 1 unspecified atom stereocenters. The van der Waals surface area contributed by atoms with Crippen molar-refractivity contribution in [3.8, 4) is 17.2 Å². The van der Waals surface area contributed by atoms with E-state index in [1.807, 2.05) is 65.4 Å². The van der Waals surface area contributed by atoms with Crippen LogP contribution in [0.25, 0.3) is 5.69 Å². The van der Waals surface area contributed by atoms with Crippen LogP contribution in [-0.2, 0) is 0 Å². The van der Waals surface area contributed by atoms with E-state index in [9.17, 15) is 5.11 Å². The molecule has 0 saturated heterocycles. The van der Waals surface area contributed by atoms with Crippen molar-refractivity contribution in [3.63, 3.8) is 0 Å². The smallest absolute Gasteiger partial charge is 0.122 e. The zero-order valence-corrected chi connectivity index (χ0v) is 12.6. The Balaban J connectivity index is 1.51. The van der Waals surface area contributed by atoms with Crippen molar-refractivity contribution in [2.24, 2.45) is 0 Å². The Hall–Kier alpha value is -2.79. The number of nitrogens with zero attached hydrogens (tertiary/aromatic N) is 2. The molecular formula is C18H18N2O3. The lowest BCUT2D eigenvalue weighted by atomic mass is 10.3. The lowest BCUT2D eigenvalue weighted by Crippen LogP contribution is -2.25. The van der Waals surface area contributed by atoms with Crippen LogP contribution in [0.15, 0.2) is 73.3 Å². The van der Waals surface area contributed by atoms with Gasteiger partial charge in [0, 0.05) is 18.5 Å². The molecule has 5 heteroatoms. The van der Waals surface area contributed by atoms with Crippen molar-refractivity contribution in [1.29, 1.82) is 0 Å². The zero-order chi connectivity index (χ0) is 15.9. The van der Waals surface area contributed by atoms with Crippen LogP contribution in [-0.4, -0.2) is 34.0 Å². The zero-order valence-electron chi connectivity index (χ0n) is 12.6. The third-order valence-corrected chi connectivity index (χ3v) is 3.25. The molecule has 5 nitrogen and oxygen atoms in total. The van der Waals surface area contributed by atoms with Crippen LogP contribution in [0.2, 0.25) is 0 Å². The van der Waals surface area contributed by atoms with Gasteiger partial charge in [0.2, 0.25) is 0 Å². The molecule has 0 aliphatic rings. The van der Waals surface area contributed by atoms with E-state index in [2.05, 4.69) is 4.98 Å². The van der Waals surface area contributed by atoms with Crippen LogP contribution in [0.5, 0.6) is 11.5 Å². The summed E-state index contributed by atoms with van der Waals surface area (Å²) < 4.78 is 13.0. The average Bonchev–Trinajstić information content (AvgIpc) is 3.14. The highest BCUT2D eigenvalue weighted by molar-refractivity contribution is 5.39. The van der Waals surface area contributed by atoms with Gasteiger partial charge in [0.25, 0.3) is 0 Å². The van der Waals surface area contributed by atoms with Gasteiger partial charge in [-0.25, -0.2) is 4.98 Å². The number of imidazole rings is 1. The van der Waals surface area contributed by atoms with E-state index < -0.39 is 6.10 Å². The fourth-order valence-electron chi connectivity index (χ4n) is 2.10. The molecule has 3 aromatic rings. The Bertz CT molecular complexity index is 714. The minimum absolute atomic E-state index is 0.167. The van der Waals surface area contributed by atoms with Crippen molar-refractivity contribution >= 4 is 0 Å².